The Bertz CT molecular complexity index is 713. The lowest BCUT2D eigenvalue weighted by Gasteiger charge is -2.26. The number of aliphatic hydroxyl groups excluding tert-OH is 1. The molecule has 0 fully saturated rings. The molecule has 1 atom stereocenters. The fraction of sp³-hybridized carbons (Fsp3) is 0.636. The average Bonchev–Trinajstić information content (AvgIpc) is 2.39. The Hall–Kier alpha value is -1.45. The molecular formula is C11H19N3O5S. The molecule has 1 unspecified atom stereocenters. The van der Waals surface area contributed by atoms with E-state index in [2.05, 4.69) is 4.72 Å². The summed E-state index contributed by atoms with van der Waals surface area (Å²) in [6.45, 7) is 2.82. The second-order valence-corrected chi connectivity index (χ2v) is 6.58. The molecule has 0 radical (unpaired) electrons. The van der Waals surface area contributed by atoms with Crippen molar-refractivity contribution in [3.05, 3.63) is 27.0 Å². The molecule has 1 aromatic heterocycles. The third-order valence-corrected chi connectivity index (χ3v) is 4.84. The van der Waals surface area contributed by atoms with Gasteiger partial charge in [-0.3, -0.25) is 9.36 Å². The Morgan fingerprint density at radius 1 is 1.35 bits per heavy atom. The lowest BCUT2D eigenvalue weighted by molar-refractivity contribution is 0.191. The summed E-state index contributed by atoms with van der Waals surface area (Å²) in [7, 11) is -1.58. The van der Waals surface area contributed by atoms with Gasteiger partial charge in [0.1, 0.15) is 0 Å². The molecule has 0 spiro atoms. The van der Waals surface area contributed by atoms with Gasteiger partial charge in [-0.15, -0.1) is 0 Å². The molecule has 0 aliphatic rings. The quantitative estimate of drug-likeness (QED) is 0.689. The number of aromatic nitrogens is 2. The summed E-state index contributed by atoms with van der Waals surface area (Å²) >= 11 is 0. The van der Waals surface area contributed by atoms with Crippen LogP contribution >= 0.6 is 0 Å². The van der Waals surface area contributed by atoms with Gasteiger partial charge in [0.05, 0.1) is 12.1 Å². The van der Waals surface area contributed by atoms with Crippen molar-refractivity contribution in [2.45, 2.75) is 30.7 Å². The molecule has 1 heterocycles. The summed E-state index contributed by atoms with van der Waals surface area (Å²) < 4.78 is 28.5. The molecule has 1 rings (SSSR count). The lowest BCUT2D eigenvalue weighted by Crippen LogP contribution is -2.50. The molecule has 1 aromatic rings. The highest BCUT2D eigenvalue weighted by atomic mass is 32.2. The van der Waals surface area contributed by atoms with E-state index in [-0.39, 0.29) is 0 Å². The molecular weight excluding hydrogens is 286 g/mol. The predicted molar refractivity (Wildman–Crippen MR) is 73.0 cm³/mol. The highest BCUT2D eigenvalue weighted by molar-refractivity contribution is 7.89. The second kappa shape index (κ2) is 5.51. The number of sulfonamides is 1. The molecule has 0 aliphatic carbocycles. The Kier molecular flexibility index (Phi) is 4.57. The van der Waals surface area contributed by atoms with Crippen LogP contribution in [0.1, 0.15) is 20.3 Å². The van der Waals surface area contributed by atoms with Gasteiger partial charge in [-0.05, 0) is 13.3 Å². The summed E-state index contributed by atoms with van der Waals surface area (Å²) in [6, 6.07) is 0. The number of hydrogen-bond acceptors (Lipinski definition) is 5. The summed E-state index contributed by atoms with van der Waals surface area (Å²) in [4.78, 5) is 22.9. The first kappa shape index (κ1) is 16.6. The zero-order chi connectivity index (χ0) is 15.7. The fourth-order valence-electron chi connectivity index (χ4n) is 1.56. The summed E-state index contributed by atoms with van der Waals surface area (Å²) in [5.74, 6) is 0. The summed E-state index contributed by atoms with van der Waals surface area (Å²) in [5.41, 5.74) is -2.59. The van der Waals surface area contributed by atoms with Gasteiger partial charge in [-0.1, -0.05) is 6.92 Å². The van der Waals surface area contributed by atoms with Crippen LogP contribution in [0, 0.1) is 0 Å². The molecule has 8 nitrogen and oxygen atoms in total. The molecule has 2 N–H and O–H groups in total. The van der Waals surface area contributed by atoms with Gasteiger partial charge >= 0.3 is 5.69 Å². The number of aliphatic hydroxyl groups is 1. The smallest absolute Gasteiger partial charge is 0.330 e. The molecule has 0 amide bonds. The van der Waals surface area contributed by atoms with Crippen LogP contribution in [0.5, 0.6) is 0 Å². The minimum absolute atomic E-state index is 0.342. The predicted octanol–water partition coefficient (Wildman–Crippen LogP) is -1.48. The van der Waals surface area contributed by atoms with Crippen molar-refractivity contribution in [1.29, 1.82) is 0 Å². The standard InChI is InChI=1S/C11H19N3O5S/c1-5-11(2,7-15)12-20(18,19)8-6-13(3)10(17)14(4)9(8)16/h6,12,15H,5,7H2,1-4H3. The van der Waals surface area contributed by atoms with E-state index in [1.54, 1.807) is 6.92 Å². The number of nitrogens with zero attached hydrogens (tertiary/aromatic N) is 2. The van der Waals surface area contributed by atoms with Crippen LogP contribution < -0.4 is 16.0 Å². The molecule has 0 aromatic carbocycles. The van der Waals surface area contributed by atoms with Crippen LogP contribution in [-0.2, 0) is 24.1 Å². The highest BCUT2D eigenvalue weighted by Gasteiger charge is 2.31. The monoisotopic (exact) mass is 305 g/mol. The van der Waals surface area contributed by atoms with Crippen LogP contribution in [0.4, 0.5) is 0 Å². The molecule has 114 valence electrons. The first-order valence-electron chi connectivity index (χ1n) is 5.99. The van der Waals surface area contributed by atoms with Crippen LogP contribution in [0.25, 0.3) is 0 Å². The van der Waals surface area contributed by atoms with Crippen molar-refractivity contribution < 1.29 is 13.5 Å². The van der Waals surface area contributed by atoms with E-state index in [0.717, 1.165) is 15.3 Å². The van der Waals surface area contributed by atoms with Crippen molar-refractivity contribution in [3.8, 4) is 0 Å². The maximum Gasteiger partial charge on any atom is 0.330 e. The van der Waals surface area contributed by atoms with E-state index in [1.165, 1.54) is 21.0 Å². The molecule has 0 bridgehead atoms. The Morgan fingerprint density at radius 3 is 2.35 bits per heavy atom. The second-order valence-electron chi connectivity index (χ2n) is 4.93. The highest BCUT2D eigenvalue weighted by Crippen LogP contribution is 2.12. The van der Waals surface area contributed by atoms with Crippen LogP contribution in [-0.4, -0.2) is 34.8 Å². The minimum Gasteiger partial charge on any atom is -0.394 e. The first-order chi connectivity index (χ1) is 9.08. The summed E-state index contributed by atoms with van der Waals surface area (Å²) in [6.07, 6.45) is 1.31. The fourth-order valence-corrected chi connectivity index (χ4v) is 3.19. The zero-order valence-corrected chi connectivity index (χ0v) is 12.7. The number of rotatable bonds is 5. The van der Waals surface area contributed by atoms with E-state index in [4.69, 9.17) is 0 Å². The van der Waals surface area contributed by atoms with Crippen molar-refractivity contribution in [1.82, 2.24) is 13.9 Å². The molecule has 0 saturated heterocycles. The Labute approximate surface area is 116 Å². The van der Waals surface area contributed by atoms with E-state index < -0.39 is 38.3 Å². The van der Waals surface area contributed by atoms with Gasteiger partial charge in [0.2, 0.25) is 10.0 Å². The first-order valence-corrected chi connectivity index (χ1v) is 7.48. The zero-order valence-electron chi connectivity index (χ0n) is 11.9. The van der Waals surface area contributed by atoms with Crippen LogP contribution in [0.3, 0.4) is 0 Å². The van der Waals surface area contributed by atoms with Crippen molar-refractivity contribution in [3.63, 3.8) is 0 Å². The maximum absolute atomic E-state index is 12.3. The average molecular weight is 305 g/mol. The van der Waals surface area contributed by atoms with Gasteiger partial charge < -0.3 is 9.67 Å². The topological polar surface area (TPSA) is 110 Å². The van der Waals surface area contributed by atoms with Gasteiger partial charge in [-0.2, -0.15) is 0 Å². The lowest BCUT2D eigenvalue weighted by atomic mass is 10.0. The van der Waals surface area contributed by atoms with E-state index in [0.29, 0.717) is 6.42 Å². The minimum atomic E-state index is -4.14. The number of aryl methyl sites for hydroxylation is 1. The van der Waals surface area contributed by atoms with Gasteiger partial charge in [0, 0.05) is 20.3 Å². The SMILES string of the molecule is CCC(C)(CO)NS(=O)(=O)c1cn(C)c(=O)n(C)c1=O. The summed E-state index contributed by atoms with van der Waals surface area (Å²) in [5, 5.41) is 9.25. The van der Waals surface area contributed by atoms with E-state index >= 15 is 0 Å². The van der Waals surface area contributed by atoms with E-state index in [9.17, 15) is 23.1 Å². The van der Waals surface area contributed by atoms with Gasteiger partial charge in [-0.25, -0.2) is 17.9 Å². The number of hydrogen-bond donors (Lipinski definition) is 2. The van der Waals surface area contributed by atoms with Crippen molar-refractivity contribution in [2.75, 3.05) is 6.61 Å². The molecule has 0 aliphatic heterocycles. The molecule has 9 heteroatoms. The van der Waals surface area contributed by atoms with Crippen LogP contribution in [0.15, 0.2) is 20.7 Å². The molecule has 20 heavy (non-hydrogen) atoms. The Morgan fingerprint density at radius 2 is 1.90 bits per heavy atom. The van der Waals surface area contributed by atoms with Crippen molar-refractivity contribution >= 4 is 10.0 Å². The Balaban J connectivity index is 3.46. The van der Waals surface area contributed by atoms with Crippen molar-refractivity contribution in [2.24, 2.45) is 14.1 Å². The number of nitrogens with one attached hydrogen (secondary N) is 1. The van der Waals surface area contributed by atoms with Gasteiger partial charge in [0.15, 0.2) is 4.90 Å². The normalized spacial score (nSPS) is 15.1. The largest absolute Gasteiger partial charge is 0.394 e. The van der Waals surface area contributed by atoms with Gasteiger partial charge in [0.25, 0.3) is 5.56 Å². The third-order valence-electron chi connectivity index (χ3n) is 3.21. The van der Waals surface area contributed by atoms with Crippen LogP contribution in [0.2, 0.25) is 0 Å². The third kappa shape index (κ3) is 3.00. The maximum atomic E-state index is 12.3. The molecule has 0 saturated carbocycles. The van der Waals surface area contributed by atoms with E-state index in [1.807, 2.05) is 0 Å².